The zero-order valence-corrected chi connectivity index (χ0v) is 10.6. The van der Waals surface area contributed by atoms with Crippen LogP contribution in [0.25, 0.3) is 0 Å². The summed E-state index contributed by atoms with van der Waals surface area (Å²) in [5.41, 5.74) is 8.46. The second-order valence-electron chi connectivity index (χ2n) is 5.01. The maximum Gasteiger partial charge on any atom is 0.0963 e. The summed E-state index contributed by atoms with van der Waals surface area (Å²) in [6, 6.07) is -0.355. The molecule has 5 N–H and O–H groups in total. The van der Waals surface area contributed by atoms with Gasteiger partial charge in [-0.25, -0.2) is 5.48 Å². The maximum atomic E-state index is 9.87. The van der Waals surface area contributed by atoms with Gasteiger partial charge in [0.1, 0.15) is 0 Å². The van der Waals surface area contributed by atoms with Crippen molar-refractivity contribution in [1.29, 1.82) is 0 Å². The van der Waals surface area contributed by atoms with Crippen LogP contribution in [0.2, 0.25) is 0 Å². The van der Waals surface area contributed by atoms with Gasteiger partial charge in [-0.15, -0.1) is 0 Å². The molecule has 0 saturated heterocycles. The number of aliphatic hydroxyl groups excluding tert-OH is 2. The average molecular weight is 246 g/mol. The molecule has 102 valence electrons. The quantitative estimate of drug-likeness (QED) is 0.481. The highest BCUT2D eigenvalue weighted by molar-refractivity contribution is 4.82. The smallest absolute Gasteiger partial charge is 0.0963 e. The fraction of sp³-hybridized carbons (Fsp3) is 1.00. The minimum absolute atomic E-state index is 0.191. The first-order valence-electron chi connectivity index (χ1n) is 6.52. The first-order valence-corrected chi connectivity index (χ1v) is 6.52. The summed E-state index contributed by atoms with van der Waals surface area (Å²) in [6.07, 6.45) is 5.27. The van der Waals surface area contributed by atoms with E-state index in [1.165, 1.54) is 39.2 Å². The number of aliphatic hydroxyl groups is 2. The molecule has 0 unspecified atom stereocenters. The lowest BCUT2D eigenvalue weighted by molar-refractivity contribution is -0.0278. The van der Waals surface area contributed by atoms with Gasteiger partial charge in [0.15, 0.2) is 0 Å². The summed E-state index contributed by atoms with van der Waals surface area (Å²) < 4.78 is 0. The van der Waals surface area contributed by atoms with Gasteiger partial charge in [-0.1, -0.05) is 32.1 Å². The van der Waals surface area contributed by atoms with E-state index in [2.05, 4.69) is 10.3 Å². The number of rotatable bonds is 7. The molecular formula is C12H26N2O3. The van der Waals surface area contributed by atoms with Gasteiger partial charge in [-0.05, 0) is 12.3 Å². The highest BCUT2D eigenvalue weighted by atomic mass is 16.6. The van der Waals surface area contributed by atoms with E-state index in [4.69, 9.17) is 5.73 Å². The molecule has 0 spiro atoms. The third-order valence-corrected chi connectivity index (χ3v) is 3.60. The fourth-order valence-corrected chi connectivity index (χ4v) is 2.52. The van der Waals surface area contributed by atoms with Crippen LogP contribution < -0.4 is 11.2 Å². The van der Waals surface area contributed by atoms with Crippen molar-refractivity contribution in [2.45, 2.75) is 56.8 Å². The summed E-state index contributed by atoms with van der Waals surface area (Å²) in [6.45, 7) is 0.191. The van der Waals surface area contributed by atoms with Crippen LogP contribution in [0.5, 0.6) is 0 Å². The minimum Gasteiger partial charge on any atom is -0.389 e. The molecule has 0 aromatic heterocycles. The Kier molecular flexibility index (Phi) is 6.99. The van der Waals surface area contributed by atoms with Crippen molar-refractivity contribution in [2.75, 3.05) is 13.7 Å². The zero-order chi connectivity index (χ0) is 12.7. The van der Waals surface area contributed by atoms with Gasteiger partial charge in [-0.3, -0.25) is 0 Å². The second kappa shape index (κ2) is 8.00. The van der Waals surface area contributed by atoms with Crippen molar-refractivity contribution in [3.63, 3.8) is 0 Å². The van der Waals surface area contributed by atoms with Crippen LogP contribution >= 0.6 is 0 Å². The summed E-state index contributed by atoms with van der Waals surface area (Å²) in [4.78, 5) is 4.63. The van der Waals surface area contributed by atoms with E-state index in [-0.39, 0.29) is 12.6 Å². The van der Waals surface area contributed by atoms with Crippen molar-refractivity contribution >= 4 is 0 Å². The van der Waals surface area contributed by atoms with Gasteiger partial charge in [0.25, 0.3) is 0 Å². The van der Waals surface area contributed by atoms with Crippen molar-refractivity contribution < 1.29 is 15.1 Å². The van der Waals surface area contributed by atoms with Crippen molar-refractivity contribution in [3.8, 4) is 0 Å². The van der Waals surface area contributed by atoms with Crippen LogP contribution in [0.15, 0.2) is 0 Å². The summed E-state index contributed by atoms with van der Waals surface area (Å²) in [7, 11) is 1.47. The van der Waals surface area contributed by atoms with Crippen molar-refractivity contribution in [3.05, 3.63) is 0 Å². The second-order valence-corrected chi connectivity index (χ2v) is 5.01. The molecule has 0 bridgehead atoms. The van der Waals surface area contributed by atoms with E-state index in [1.54, 1.807) is 0 Å². The number of hydrogen-bond donors (Lipinski definition) is 4. The Morgan fingerprint density at radius 2 is 1.94 bits per heavy atom. The van der Waals surface area contributed by atoms with E-state index >= 15 is 0 Å². The lowest BCUT2D eigenvalue weighted by atomic mass is 9.83. The molecule has 17 heavy (non-hydrogen) atoms. The highest BCUT2D eigenvalue weighted by Crippen LogP contribution is 2.27. The number of hydroxylamine groups is 1. The molecule has 0 aromatic rings. The molecule has 5 heteroatoms. The van der Waals surface area contributed by atoms with Crippen molar-refractivity contribution in [1.82, 2.24) is 5.48 Å². The SMILES string of the molecule is CONC[C@H](O)[C@H](O)[C@@H](N)CC1CCCCC1. The van der Waals surface area contributed by atoms with Crippen molar-refractivity contribution in [2.24, 2.45) is 11.7 Å². The van der Waals surface area contributed by atoms with Gasteiger partial charge >= 0.3 is 0 Å². The van der Waals surface area contributed by atoms with Gasteiger partial charge in [-0.2, -0.15) is 0 Å². The Bertz CT molecular complexity index is 198. The largest absolute Gasteiger partial charge is 0.389 e. The van der Waals surface area contributed by atoms with E-state index in [1.807, 2.05) is 0 Å². The molecule has 1 fully saturated rings. The summed E-state index contributed by atoms with van der Waals surface area (Å²) in [5.74, 6) is 0.607. The normalized spacial score (nSPS) is 23.3. The molecule has 0 heterocycles. The third kappa shape index (κ3) is 5.31. The van der Waals surface area contributed by atoms with Crippen LogP contribution in [0, 0.1) is 5.92 Å². The van der Waals surface area contributed by atoms with E-state index < -0.39 is 12.2 Å². The van der Waals surface area contributed by atoms with E-state index in [0.717, 1.165) is 6.42 Å². The summed E-state index contributed by atoms with van der Waals surface area (Å²) >= 11 is 0. The predicted octanol–water partition coefficient (Wildman–Crippen LogP) is 0.157. The molecule has 0 aromatic carbocycles. The lowest BCUT2D eigenvalue weighted by Crippen LogP contribution is -2.47. The molecule has 5 nitrogen and oxygen atoms in total. The van der Waals surface area contributed by atoms with Crippen LogP contribution in [0.4, 0.5) is 0 Å². The van der Waals surface area contributed by atoms with Crippen LogP contribution in [0.3, 0.4) is 0 Å². The Labute approximate surface area is 103 Å². The number of nitrogens with one attached hydrogen (secondary N) is 1. The van der Waals surface area contributed by atoms with Crippen LogP contribution in [-0.2, 0) is 4.84 Å². The van der Waals surface area contributed by atoms with Crippen LogP contribution in [0.1, 0.15) is 38.5 Å². The molecule has 1 aliphatic carbocycles. The number of nitrogens with two attached hydrogens (primary N) is 1. The topological polar surface area (TPSA) is 87.7 Å². The number of hydrogen-bond acceptors (Lipinski definition) is 5. The molecular weight excluding hydrogens is 220 g/mol. The van der Waals surface area contributed by atoms with E-state index in [0.29, 0.717) is 5.92 Å². The molecule has 1 rings (SSSR count). The standard InChI is InChI=1S/C12H26N2O3/c1-17-14-8-11(15)12(16)10(13)7-9-5-3-2-4-6-9/h9-12,14-16H,2-8,13H2,1H3/t10-,11-,12+/m0/s1. The highest BCUT2D eigenvalue weighted by Gasteiger charge is 2.26. The Morgan fingerprint density at radius 1 is 1.29 bits per heavy atom. The van der Waals surface area contributed by atoms with E-state index in [9.17, 15) is 10.2 Å². The monoisotopic (exact) mass is 246 g/mol. The maximum absolute atomic E-state index is 9.87. The fourth-order valence-electron chi connectivity index (χ4n) is 2.52. The molecule has 1 aliphatic rings. The van der Waals surface area contributed by atoms with Gasteiger partial charge in [0, 0.05) is 12.6 Å². The molecule has 3 atom stereocenters. The first-order chi connectivity index (χ1) is 8.15. The molecule has 1 saturated carbocycles. The van der Waals surface area contributed by atoms with Crippen LogP contribution in [-0.4, -0.2) is 42.1 Å². The first kappa shape index (κ1) is 14.9. The van der Waals surface area contributed by atoms with Gasteiger partial charge in [0.05, 0.1) is 19.3 Å². The molecule has 0 aliphatic heterocycles. The zero-order valence-electron chi connectivity index (χ0n) is 10.6. The lowest BCUT2D eigenvalue weighted by Gasteiger charge is -2.29. The average Bonchev–Trinajstić information content (AvgIpc) is 2.36. The Morgan fingerprint density at radius 3 is 2.53 bits per heavy atom. The van der Waals surface area contributed by atoms with Gasteiger partial charge < -0.3 is 20.8 Å². The molecule has 0 amide bonds. The minimum atomic E-state index is -0.889. The summed E-state index contributed by atoms with van der Waals surface area (Å²) in [5, 5.41) is 19.5. The third-order valence-electron chi connectivity index (χ3n) is 3.60. The Balaban J connectivity index is 2.26. The predicted molar refractivity (Wildman–Crippen MR) is 66.2 cm³/mol. The molecule has 0 radical (unpaired) electrons. The van der Waals surface area contributed by atoms with Gasteiger partial charge in [0.2, 0.25) is 0 Å². The Hall–Kier alpha value is -0.200.